The highest BCUT2D eigenvalue weighted by atomic mass is 16.3. The lowest BCUT2D eigenvalue weighted by Crippen LogP contribution is -2.15. The molecule has 0 unspecified atom stereocenters. The van der Waals surface area contributed by atoms with Crippen molar-refractivity contribution in [3.8, 4) is 0 Å². The zero-order chi connectivity index (χ0) is 9.80. The lowest BCUT2D eigenvalue weighted by atomic mass is 9.89. The third kappa shape index (κ3) is 2.15. The van der Waals surface area contributed by atoms with Crippen molar-refractivity contribution in [1.82, 2.24) is 9.55 Å². The summed E-state index contributed by atoms with van der Waals surface area (Å²) in [6.45, 7) is 1.09. The Bertz CT molecular complexity index is 277. The summed E-state index contributed by atoms with van der Waals surface area (Å²) in [6, 6.07) is 0. The first-order valence-electron chi connectivity index (χ1n) is 5.51. The first-order valence-corrected chi connectivity index (χ1v) is 5.51. The summed E-state index contributed by atoms with van der Waals surface area (Å²) in [6.07, 6.45) is 10.6. The molecule has 0 spiro atoms. The van der Waals surface area contributed by atoms with Crippen LogP contribution in [0.5, 0.6) is 0 Å². The highest BCUT2D eigenvalue weighted by molar-refractivity contribution is 4.90. The van der Waals surface area contributed by atoms with E-state index in [-0.39, 0.29) is 6.61 Å². The molecule has 2 rings (SSSR count). The van der Waals surface area contributed by atoms with Crippen LogP contribution in [0.15, 0.2) is 12.4 Å². The highest BCUT2D eigenvalue weighted by Gasteiger charge is 2.14. The number of hydrogen-bond donors (Lipinski definition) is 1. The number of aliphatic hydroxyl groups is 1. The summed E-state index contributed by atoms with van der Waals surface area (Å²) >= 11 is 0. The van der Waals surface area contributed by atoms with E-state index in [2.05, 4.69) is 9.55 Å². The van der Waals surface area contributed by atoms with Crippen LogP contribution in [-0.2, 0) is 13.2 Å². The van der Waals surface area contributed by atoms with Gasteiger partial charge in [-0.2, -0.15) is 0 Å². The topological polar surface area (TPSA) is 38.1 Å². The lowest BCUT2D eigenvalue weighted by Gasteiger charge is -2.22. The van der Waals surface area contributed by atoms with Gasteiger partial charge in [-0.05, 0) is 18.8 Å². The molecule has 1 aliphatic rings. The molecule has 1 aromatic rings. The fourth-order valence-corrected chi connectivity index (χ4v) is 2.31. The maximum absolute atomic E-state index is 9.05. The molecule has 0 amide bonds. The summed E-state index contributed by atoms with van der Waals surface area (Å²) in [7, 11) is 0. The van der Waals surface area contributed by atoms with E-state index in [1.807, 2.05) is 6.20 Å². The van der Waals surface area contributed by atoms with Gasteiger partial charge in [-0.15, -0.1) is 0 Å². The van der Waals surface area contributed by atoms with Crippen LogP contribution in [0.3, 0.4) is 0 Å². The minimum absolute atomic E-state index is 0.0553. The third-order valence-corrected chi connectivity index (χ3v) is 3.12. The van der Waals surface area contributed by atoms with Crippen molar-refractivity contribution in [3.63, 3.8) is 0 Å². The standard InChI is InChI=1S/C11H18N2O/c14-9-11-12-6-7-13(11)8-10-4-2-1-3-5-10/h6-7,10,14H,1-5,8-9H2. The Morgan fingerprint density at radius 1 is 1.36 bits per heavy atom. The van der Waals surface area contributed by atoms with E-state index < -0.39 is 0 Å². The van der Waals surface area contributed by atoms with Gasteiger partial charge in [-0.1, -0.05) is 19.3 Å². The van der Waals surface area contributed by atoms with Crippen molar-refractivity contribution < 1.29 is 5.11 Å². The number of aliphatic hydroxyl groups excluding tert-OH is 1. The molecule has 1 heterocycles. The van der Waals surface area contributed by atoms with Gasteiger partial charge < -0.3 is 9.67 Å². The predicted molar refractivity (Wildman–Crippen MR) is 54.7 cm³/mol. The van der Waals surface area contributed by atoms with Gasteiger partial charge in [0, 0.05) is 18.9 Å². The van der Waals surface area contributed by atoms with Crippen molar-refractivity contribution in [1.29, 1.82) is 0 Å². The van der Waals surface area contributed by atoms with E-state index in [9.17, 15) is 0 Å². The fraction of sp³-hybridized carbons (Fsp3) is 0.727. The molecular weight excluding hydrogens is 176 g/mol. The molecule has 0 atom stereocenters. The summed E-state index contributed by atoms with van der Waals surface area (Å²) in [5.74, 6) is 1.60. The molecule has 1 aliphatic carbocycles. The van der Waals surface area contributed by atoms with Gasteiger partial charge in [0.25, 0.3) is 0 Å². The molecule has 0 bridgehead atoms. The zero-order valence-electron chi connectivity index (χ0n) is 8.52. The molecule has 78 valence electrons. The molecule has 1 N–H and O–H groups in total. The fourth-order valence-electron chi connectivity index (χ4n) is 2.31. The maximum Gasteiger partial charge on any atom is 0.134 e. The summed E-state index contributed by atoms with van der Waals surface area (Å²) in [5.41, 5.74) is 0. The number of aromatic nitrogens is 2. The number of rotatable bonds is 3. The average Bonchev–Trinajstić information content (AvgIpc) is 2.67. The number of hydrogen-bond acceptors (Lipinski definition) is 2. The Morgan fingerprint density at radius 3 is 2.86 bits per heavy atom. The van der Waals surface area contributed by atoms with Crippen LogP contribution in [-0.4, -0.2) is 14.7 Å². The van der Waals surface area contributed by atoms with E-state index in [0.717, 1.165) is 18.3 Å². The minimum atomic E-state index is 0.0553. The second kappa shape index (κ2) is 4.60. The summed E-state index contributed by atoms with van der Waals surface area (Å²) in [4.78, 5) is 4.11. The van der Waals surface area contributed by atoms with Gasteiger partial charge in [-0.25, -0.2) is 4.98 Å². The molecule has 1 fully saturated rings. The van der Waals surface area contributed by atoms with E-state index >= 15 is 0 Å². The third-order valence-electron chi connectivity index (χ3n) is 3.12. The Hall–Kier alpha value is -0.830. The van der Waals surface area contributed by atoms with Crippen LogP contribution in [0, 0.1) is 5.92 Å². The second-order valence-electron chi connectivity index (χ2n) is 4.16. The van der Waals surface area contributed by atoms with Crippen molar-refractivity contribution in [2.45, 2.75) is 45.3 Å². The lowest BCUT2D eigenvalue weighted by molar-refractivity contribution is 0.254. The van der Waals surface area contributed by atoms with Crippen molar-refractivity contribution in [2.24, 2.45) is 5.92 Å². The van der Waals surface area contributed by atoms with Gasteiger partial charge >= 0.3 is 0 Å². The van der Waals surface area contributed by atoms with Crippen molar-refractivity contribution in [3.05, 3.63) is 18.2 Å². The van der Waals surface area contributed by atoms with Crippen LogP contribution in [0.25, 0.3) is 0 Å². The van der Waals surface area contributed by atoms with Crippen molar-refractivity contribution >= 4 is 0 Å². The summed E-state index contributed by atoms with van der Waals surface area (Å²) in [5, 5.41) is 9.05. The molecule has 1 aromatic heterocycles. The highest BCUT2D eigenvalue weighted by Crippen LogP contribution is 2.25. The molecule has 0 aliphatic heterocycles. The average molecular weight is 194 g/mol. The number of imidazole rings is 1. The minimum Gasteiger partial charge on any atom is -0.388 e. The normalized spacial score (nSPS) is 18.6. The Balaban J connectivity index is 1.95. The quantitative estimate of drug-likeness (QED) is 0.798. The Morgan fingerprint density at radius 2 is 2.14 bits per heavy atom. The zero-order valence-corrected chi connectivity index (χ0v) is 8.52. The van der Waals surface area contributed by atoms with Crippen molar-refractivity contribution in [2.75, 3.05) is 0 Å². The van der Waals surface area contributed by atoms with E-state index in [0.29, 0.717) is 0 Å². The van der Waals surface area contributed by atoms with E-state index in [4.69, 9.17) is 5.11 Å². The molecule has 0 saturated heterocycles. The van der Waals surface area contributed by atoms with E-state index in [1.165, 1.54) is 32.1 Å². The second-order valence-corrected chi connectivity index (χ2v) is 4.16. The monoisotopic (exact) mass is 194 g/mol. The molecule has 1 saturated carbocycles. The van der Waals surface area contributed by atoms with Crippen LogP contribution >= 0.6 is 0 Å². The van der Waals surface area contributed by atoms with Crippen LogP contribution in [0.1, 0.15) is 37.9 Å². The first kappa shape index (κ1) is 9.71. The van der Waals surface area contributed by atoms with Crippen LogP contribution in [0.4, 0.5) is 0 Å². The SMILES string of the molecule is OCc1nccn1CC1CCCCC1. The van der Waals surface area contributed by atoms with Crippen LogP contribution in [0.2, 0.25) is 0 Å². The van der Waals surface area contributed by atoms with E-state index in [1.54, 1.807) is 6.20 Å². The summed E-state index contributed by atoms with van der Waals surface area (Å²) < 4.78 is 2.09. The van der Waals surface area contributed by atoms with Gasteiger partial charge in [0.1, 0.15) is 12.4 Å². The molecule has 0 aromatic carbocycles. The number of nitrogens with zero attached hydrogens (tertiary/aromatic N) is 2. The molecule has 3 nitrogen and oxygen atoms in total. The molecular formula is C11H18N2O. The molecule has 0 radical (unpaired) electrons. The Kier molecular flexibility index (Phi) is 3.19. The van der Waals surface area contributed by atoms with Gasteiger partial charge in [0.15, 0.2) is 0 Å². The first-order chi connectivity index (χ1) is 6.90. The molecule has 3 heteroatoms. The Labute approximate surface area is 84.8 Å². The van der Waals surface area contributed by atoms with Gasteiger partial charge in [0.2, 0.25) is 0 Å². The maximum atomic E-state index is 9.05. The smallest absolute Gasteiger partial charge is 0.134 e. The largest absolute Gasteiger partial charge is 0.388 e. The molecule has 14 heavy (non-hydrogen) atoms. The van der Waals surface area contributed by atoms with Gasteiger partial charge in [0.05, 0.1) is 0 Å². The van der Waals surface area contributed by atoms with Crippen LogP contribution < -0.4 is 0 Å². The van der Waals surface area contributed by atoms with Gasteiger partial charge in [-0.3, -0.25) is 0 Å². The predicted octanol–water partition coefficient (Wildman–Crippen LogP) is 1.96.